The smallest absolute Gasteiger partial charge is 0.183 e. The molecule has 0 atom stereocenters. The number of imidazole rings is 1. The van der Waals surface area contributed by atoms with Crippen LogP contribution in [-0.4, -0.2) is 46.2 Å². The van der Waals surface area contributed by atoms with Crippen LogP contribution in [0.15, 0.2) is 54.9 Å². The fourth-order valence-electron chi connectivity index (χ4n) is 3.46. The van der Waals surface area contributed by atoms with E-state index in [1.54, 1.807) is 0 Å². The lowest BCUT2D eigenvalue weighted by Crippen LogP contribution is -2.36. The minimum Gasteiger partial charge on any atom is -0.399 e. The van der Waals surface area contributed by atoms with E-state index in [4.69, 9.17) is 10.5 Å². The first kappa shape index (κ1) is 17.4. The Balaban J connectivity index is 1.41. The van der Waals surface area contributed by atoms with E-state index in [9.17, 15) is 0 Å². The molecule has 2 aromatic heterocycles. The molecule has 1 saturated heterocycles. The summed E-state index contributed by atoms with van der Waals surface area (Å²) in [6.45, 7) is 3.38. The van der Waals surface area contributed by atoms with Gasteiger partial charge < -0.3 is 25.7 Å². The Morgan fingerprint density at radius 3 is 2.66 bits per heavy atom. The third-order valence-electron chi connectivity index (χ3n) is 4.95. The number of nitrogens with one attached hydrogen (secondary N) is 2. The van der Waals surface area contributed by atoms with Crippen LogP contribution in [0.25, 0.3) is 22.6 Å². The molecule has 0 unspecified atom stereocenters. The quantitative estimate of drug-likeness (QED) is 0.462. The van der Waals surface area contributed by atoms with Gasteiger partial charge in [-0.15, -0.1) is 0 Å². The standard InChI is InChI=1S/C21H21N7O/c22-15-3-1-2-14(12-15)19-26-18-20(23-13-24-21(18)27-19)25-16-4-6-17(7-5-16)28-8-10-29-11-9-28/h1-7,12-13H,8-11,22H2,(H2,23,24,25,26,27). The molecule has 8 heteroatoms. The van der Waals surface area contributed by atoms with Gasteiger partial charge in [-0.2, -0.15) is 0 Å². The van der Waals surface area contributed by atoms with Crippen LogP contribution in [0.1, 0.15) is 0 Å². The number of hydrogen-bond donors (Lipinski definition) is 3. The van der Waals surface area contributed by atoms with Crippen LogP contribution in [0.2, 0.25) is 0 Å². The maximum absolute atomic E-state index is 5.90. The van der Waals surface area contributed by atoms with Crippen molar-refractivity contribution in [3.05, 3.63) is 54.9 Å². The summed E-state index contributed by atoms with van der Waals surface area (Å²) in [5.41, 5.74) is 11.0. The number of morpholine rings is 1. The number of H-pyrrole nitrogens is 1. The summed E-state index contributed by atoms with van der Waals surface area (Å²) >= 11 is 0. The molecule has 2 aromatic carbocycles. The first-order valence-corrected chi connectivity index (χ1v) is 9.53. The maximum atomic E-state index is 5.90. The second-order valence-corrected chi connectivity index (χ2v) is 6.90. The molecule has 0 amide bonds. The number of hydrogen-bond acceptors (Lipinski definition) is 7. The summed E-state index contributed by atoms with van der Waals surface area (Å²) in [6.07, 6.45) is 1.51. The summed E-state index contributed by atoms with van der Waals surface area (Å²) in [7, 11) is 0. The summed E-state index contributed by atoms with van der Waals surface area (Å²) in [6, 6.07) is 15.9. The Bertz CT molecular complexity index is 1130. The summed E-state index contributed by atoms with van der Waals surface area (Å²) in [5, 5.41) is 3.36. The first-order chi connectivity index (χ1) is 14.3. The predicted molar refractivity (Wildman–Crippen MR) is 114 cm³/mol. The van der Waals surface area contributed by atoms with Gasteiger partial charge in [-0.3, -0.25) is 0 Å². The van der Waals surface area contributed by atoms with Gasteiger partial charge in [-0.05, 0) is 36.4 Å². The van der Waals surface area contributed by atoms with E-state index in [1.165, 1.54) is 12.0 Å². The van der Waals surface area contributed by atoms with Crippen LogP contribution in [0.3, 0.4) is 0 Å². The van der Waals surface area contributed by atoms with E-state index in [0.29, 0.717) is 23.0 Å². The van der Waals surface area contributed by atoms with Crippen molar-refractivity contribution in [2.75, 3.05) is 42.3 Å². The first-order valence-electron chi connectivity index (χ1n) is 9.53. The Hall–Kier alpha value is -3.65. The van der Waals surface area contributed by atoms with Gasteiger partial charge in [-0.1, -0.05) is 12.1 Å². The van der Waals surface area contributed by atoms with E-state index in [-0.39, 0.29) is 0 Å². The number of nitrogens with two attached hydrogens (primary N) is 1. The van der Waals surface area contributed by atoms with Crippen molar-refractivity contribution in [1.29, 1.82) is 0 Å². The maximum Gasteiger partial charge on any atom is 0.183 e. The zero-order valence-electron chi connectivity index (χ0n) is 15.8. The van der Waals surface area contributed by atoms with Crippen LogP contribution in [0.5, 0.6) is 0 Å². The average molecular weight is 387 g/mol. The van der Waals surface area contributed by atoms with Crippen molar-refractivity contribution < 1.29 is 4.74 Å². The van der Waals surface area contributed by atoms with Gasteiger partial charge in [-0.25, -0.2) is 15.0 Å². The van der Waals surface area contributed by atoms with E-state index in [2.05, 4.69) is 42.3 Å². The lowest BCUT2D eigenvalue weighted by molar-refractivity contribution is 0.122. The molecule has 4 N–H and O–H groups in total. The van der Waals surface area contributed by atoms with Gasteiger partial charge in [0.1, 0.15) is 17.7 Å². The lowest BCUT2D eigenvalue weighted by atomic mass is 10.2. The van der Waals surface area contributed by atoms with Gasteiger partial charge in [0.15, 0.2) is 11.5 Å². The van der Waals surface area contributed by atoms with E-state index in [0.717, 1.165) is 43.1 Å². The molecule has 8 nitrogen and oxygen atoms in total. The number of nitrogens with zero attached hydrogens (tertiary/aromatic N) is 4. The van der Waals surface area contributed by atoms with E-state index < -0.39 is 0 Å². The minimum absolute atomic E-state index is 0.602. The Morgan fingerprint density at radius 2 is 1.86 bits per heavy atom. The number of fused-ring (bicyclic) bond motifs is 1. The van der Waals surface area contributed by atoms with Crippen molar-refractivity contribution in [2.45, 2.75) is 0 Å². The highest BCUT2D eigenvalue weighted by atomic mass is 16.5. The molecule has 0 radical (unpaired) electrons. The van der Waals surface area contributed by atoms with Gasteiger partial charge in [0.25, 0.3) is 0 Å². The van der Waals surface area contributed by atoms with Crippen molar-refractivity contribution >= 4 is 34.0 Å². The molecule has 1 fully saturated rings. The number of aromatic nitrogens is 4. The lowest BCUT2D eigenvalue weighted by Gasteiger charge is -2.28. The van der Waals surface area contributed by atoms with Gasteiger partial charge in [0, 0.05) is 35.7 Å². The van der Waals surface area contributed by atoms with Crippen molar-refractivity contribution in [2.24, 2.45) is 0 Å². The number of aromatic amines is 1. The summed E-state index contributed by atoms with van der Waals surface area (Å²) in [5.74, 6) is 1.38. The minimum atomic E-state index is 0.602. The highest BCUT2D eigenvalue weighted by Gasteiger charge is 2.13. The number of anilines is 4. The second kappa shape index (κ2) is 7.40. The molecule has 0 saturated carbocycles. The number of ether oxygens (including phenoxy) is 1. The molecule has 4 aromatic rings. The van der Waals surface area contributed by atoms with Crippen molar-refractivity contribution in [1.82, 2.24) is 19.9 Å². The zero-order valence-corrected chi connectivity index (χ0v) is 15.8. The molecule has 0 aliphatic carbocycles. The van der Waals surface area contributed by atoms with E-state index >= 15 is 0 Å². The van der Waals surface area contributed by atoms with Crippen LogP contribution in [-0.2, 0) is 4.74 Å². The highest BCUT2D eigenvalue weighted by Crippen LogP contribution is 2.27. The van der Waals surface area contributed by atoms with Crippen molar-refractivity contribution in [3.8, 4) is 11.4 Å². The average Bonchev–Trinajstić information content (AvgIpc) is 3.21. The van der Waals surface area contributed by atoms with E-state index in [1.807, 2.05) is 36.4 Å². The molecule has 29 heavy (non-hydrogen) atoms. The third-order valence-corrected chi connectivity index (χ3v) is 4.95. The van der Waals surface area contributed by atoms with Crippen LogP contribution < -0.4 is 16.0 Å². The molecule has 3 heterocycles. The van der Waals surface area contributed by atoms with Gasteiger partial charge in [0.05, 0.1) is 13.2 Å². The Morgan fingerprint density at radius 1 is 1.03 bits per heavy atom. The molecule has 146 valence electrons. The Kier molecular flexibility index (Phi) is 4.45. The fourth-order valence-corrected chi connectivity index (χ4v) is 3.46. The van der Waals surface area contributed by atoms with Crippen LogP contribution in [0, 0.1) is 0 Å². The zero-order chi connectivity index (χ0) is 19.6. The highest BCUT2D eigenvalue weighted by molar-refractivity contribution is 5.87. The van der Waals surface area contributed by atoms with Crippen molar-refractivity contribution in [3.63, 3.8) is 0 Å². The van der Waals surface area contributed by atoms with Gasteiger partial charge >= 0.3 is 0 Å². The number of benzene rings is 2. The monoisotopic (exact) mass is 387 g/mol. The van der Waals surface area contributed by atoms with Gasteiger partial charge in [0.2, 0.25) is 0 Å². The van der Waals surface area contributed by atoms with Crippen LogP contribution in [0.4, 0.5) is 22.9 Å². The largest absolute Gasteiger partial charge is 0.399 e. The molecule has 5 rings (SSSR count). The Labute approximate surface area is 167 Å². The van der Waals surface area contributed by atoms with Crippen LogP contribution >= 0.6 is 0 Å². The molecular weight excluding hydrogens is 366 g/mol. The second-order valence-electron chi connectivity index (χ2n) is 6.90. The molecular formula is C21H21N7O. The summed E-state index contributed by atoms with van der Waals surface area (Å²) < 4.78 is 5.42. The predicted octanol–water partition coefficient (Wildman–Crippen LogP) is 3.18. The number of nitrogen functional groups attached to an aromatic ring is 1. The topological polar surface area (TPSA) is 105 Å². The fraction of sp³-hybridized carbons (Fsp3) is 0.190. The normalized spacial score (nSPS) is 14.3. The molecule has 1 aliphatic rings. The SMILES string of the molecule is Nc1cccc(-c2nc3ncnc(Nc4ccc(N5CCOCC5)cc4)c3[nH]2)c1. The molecule has 1 aliphatic heterocycles. The molecule has 0 bridgehead atoms. The molecule has 0 spiro atoms. The number of rotatable bonds is 4. The third kappa shape index (κ3) is 3.57. The summed E-state index contributed by atoms with van der Waals surface area (Å²) in [4.78, 5) is 18.9.